The standard InChI is InChI=1S/C11H17OS/c1-8-6-10(13(4)5)7-9(2)11(8)12-3/h6-7H,1-5H3/q+1. The third-order valence-electron chi connectivity index (χ3n) is 2.11. The predicted octanol–water partition coefficient (Wildman–Crippen LogP) is 2.55. The molecule has 0 bridgehead atoms. The summed E-state index contributed by atoms with van der Waals surface area (Å²) in [6.45, 7) is 4.20. The van der Waals surface area contributed by atoms with Crippen molar-refractivity contribution >= 4 is 10.9 Å². The van der Waals surface area contributed by atoms with E-state index in [-0.39, 0.29) is 0 Å². The van der Waals surface area contributed by atoms with Crippen molar-refractivity contribution in [3.05, 3.63) is 23.3 Å². The Kier molecular flexibility index (Phi) is 3.26. The van der Waals surface area contributed by atoms with E-state index >= 15 is 0 Å². The van der Waals surface area contributed by atoms with Gasteiger partial charge < -0.3 is 4.74 Å². The summed E-state index contributed by atoms with van der Waals surface area (Å²) >= 11 is 0. The molecule has 0 aliphatic rings. The van der Waals surface area contributed by atoms with E-state index in [2.05, 4.69) is 38.5 Å². The molecule has 1 aromatic carbocycles. The summed E-state index contributed by atoms with van der Waals surface area (Å²) in [6.07, 6.45) is 4.47. The fourth-order valence-corrected chi connectivity index (χ4v) is 2.29. The van der Waals surface area contributed by atoms with Crippen molar-refractivity contribution < 1.29 is 4.74 Å². The van der Waals surface area contributed by atoms with Crippen LogP contribution in [0.1, 0.15) is 11.1 Å². The Bertz CT molecular complexity index is 282. The van der Waals surface area contributed by atoms with Gasteiger partial charge in [0.15, 0.2) is 4.90 Å². The molecule has 1 nitrogen and oxygen atoms in total. The molecule has 13 heavy (non-hydrogen) atoms. The van der Waals surface area contributed by atoms with E-state index in [0.717, 1.165) is 5.75 Å². The Morgan fingerprint density at radius 2 is 1.54 bits per heavy atom. The summed E-state index contributed by atoms with van der Waals surface area (Å²) in [5.74, 6) is 1.02. The van der Waals surface area contributed by atoms with Crippen LogP contribution in [0.2, 0.25) is 0 Å². The lowest BCUT2D eigenvalue weighted by Crippen LogP contribution is -1.99. The second-order valence-corrected chi connectivity index (χ2v) is 5.51. The minimum absolute atomic E-state index is 0.335. The van der Waals surface area contributed by atoms with Crippen LogP contribution in [0.3, 0.4) is 0 Å². The average Bonchev–Trinajstić information content (AvgIpc) is 2.03. The van der Waals surface area contributed by atoms with E-state index < -0.39 is 0 Å². The van der Waals surface area contributed by atoms with Crippen LogP contribution < -0.4 is 4.74 Å². The van der Waals surface area contributed by atoms with Gasteiger partial charge in [-0.1, -0.05) is 0 Å². The van der Waals surface area contributed by atoms with Crippen LogP contribution in [-0.2, 0) is 10.9 Å². The number of rotatable bonds is 2. The summed E-state index contributed by atoms with van der Waals surface area (Å²) < 4.78 is 5.31. The van der Waals surface area contributed by atoms with Crippen molar-refractivity contribution in [1.29, 1.82) is 0 Å². The van der Waals surface area contributed by atoms with Crippen LogP contribution in [0.25, 0.3) is 0 Å². The molecular formula is C11H17OS+. The highest BCUT2D eigenvalue weighted by molar-refractivity contribution is 7.95. The number of aryl methyl sites for hydroxylation is 2. The summed E-state index contributed by atoms with van der Waals surface area (Å²) in [4.78, 5) is 1.41. The Balaban J connectivity index is 3.20. The van der Waals surface area contributed by atoms with Crippen LogP contribution in [0.5, 0.6) is 5.75 Å². The Labute approximate surface area is 83.5 Å². The molecule has 0 aliphatic heterocycles. The Hall–Kier alpha value is -0.630. The molecule has 0 unspecified atom stereocenters. The third-order valence-corrected chi connectivity index (χ3v) is 3.29. The quantitative estimate of drug-likeness (QED) is 0.662. The molecule has 0 saturated heterocycles. The van der Waals surface area contributed by atoms with Gasteiger partial charge >= 0.3 is 0 Å². The van der Waals surface area contributed by atoms with Crippen LogP contribution in [-0.4, -0.2) is 19.6 Å². The number of hydrogen-bond donors (Lipinski definition) is 0. The van der Waals surface area contributed by atoms with Gasteiger partial charge in [-0.2, -0.15) is 0 Å². The van der Waals surface area contributed by atoms with Gasteiger partial charge in [-0.05, 0) is 37.1 Å². The number of ether oxygens (including phenoxy) is 1. The van der Waals surface area contributed by atoms with Gasteiger partial charge in [0.25, 0.3) is 0 Å². The zero-order valence-corrected chi connectivity index (χ0v) is 9.79. The van der Waals surface area contributed by atoms with E-state index in [1.54, 1.807) is 7.11 Å². The molecule has 0 heterocycles. The monoisotopic (exact) mass is 197 g/mol. The van der Waals surface area contributed by atoms with Crippen LogP contribution in [0.4, 0.5) is 0 Å². The maximum atomic E-state index is 5.31. The first-order valence-corrected chi connectivity index (χ1v) is 6.33. The molecule has 0 atom stereocenters. The molecule has 72 valence electrons. The van der Waals surface area contributed by atoms with Gasteiger partial charge in [0.05, 0.1) is 7.11 Å². The maximum Gasteiger partial charge on any atom is 0.155 e. The van der Waals surface area contributed by atoms with Gasteiger partial charge in [0, 0.05) is 10.9 Å². The van der Waals surface area contributed by atoms with Crippen molar-refractivity contribution in [1.82, 2.24) is 0 Å². The highest BCUT2D eigenvalue weighted by Gasteiger charge is 2.12. The molecule has 0 saturated carbocycles. The molecule has 0 aliphatic carbocycles. The van der Waals surface area contributed by atoms with Crippen molar-refractivity contribution in [3.63, 3.8) is 0 Å². The van der Waals surface area contributed by atoms with Gasteiger partial charge in [-0.3, -0.25) is 0 Å². The van der Waals surface area contributed by atoms with Gasteiger partial charge in [0.1, 0.15) is 18.3 Å². The Morgan fingerprint density at radius 3 is 1.85 bits per heavy atom. The second kappa shape index (κ2) is 4.05. The zero-order chi connectivity index (χ0) is 10.0. The lowest BCUT2D eigenvalue weighted by molar-refractivity contribution is 0.408. The summed E-state index contributed by atoms with van der Waals surface area (Å²) in [5, 5.41) is 0. The normalized spacial score (nSPS) is 10.6. The summed E-state index contributed by atoms with van der Waals surface area (Å²) in [5.41, 5.74) is 2.47. The van der Waals surface area contributed by atoms with Crippen molar-refractivity contribution in [3.8, 4) is 5.75 Å². The SMILES string of the molecule is COc1c(C)cc([S+](C)C)cc1C. The smallest absolute Gasteiger partial charge is 0.155 e. The first-order chi connectivity index (χ1) is 6.06. The highest BCUT2D eigenvalue weighted by atomic mass is 32.2. The Morgan fingerprint density at radius 1 is 1.08 bits per heavy atom. The lowest BCUT2D eigenvalue weighted by atomic mass is 10.1. The highest BCUT2D eigenvalue weighted by Crippen LogP contribution is 2.26. The zero-order valence-electron chi connectivity index (χ0n) is 8.97. The van der Waals surface area contributed by atoms with E-state index in [1.807, 2.05) is 0 Å². The molecule has 0 amide bonds. The van der Waals surface area contributed by atoms with E-state index in [1.165, 1.54) is 16.0 Å². The van der Waals surface area contributed by atoms with E-state index in [4.69, 9.17) is 4.74 Å². The van der Waals surface area contributed by atoms with Crippen molar-refractivity contribution in [2.75, 3.05) is 19.6 Å². The molecule has 0 radical (unpaired) electrons. The first-order valence-electron chi connectivity index (χ1n) is 4.29. The molecule has 0 N–H and O–H groups in total. The van der Waals surface area contributed by atoms with Gasteiger partial charge in [-0.15, -0.1) is 0 Å². The van der Waals surface area contributed by atoms with Gasteiger partial charge in [0.2, 0.25) is 0 Å². The topological polar surface area (TPSA) is 9.23 Å². The van der Waals surface area contributed by atoms with Crippen LogP contribution in [0, 0.1) is 13.8 Å². The van der Waals surface area contributed by atoms with Crippen LogP contribution >= 0.6 is 0 Å². The minimum Gasteiger partial charge on any atom is -0.496 e. The van der Waals surface area contributed by atoms with E-state index in [0.29, 0.717) is 10.9 Å². The van der Waals surface area contributed by atoms with Crippen molar-refractivity contribution in [2.24, 2.45) is 0 Å². The summed E-state index contributed by atoms with van der Waals surface area (Å²) in [6, 6.07) is 4.43. The van der Waals surface area contributed by atoms with E-state index in [9.17, 15) is 0 Å². The minimum atomic E-state index is 0.335. The third kappa shape index (κ3) is 2.19. The number of benzene rings is 1. The van der Waals surface area contributed by atoms with Crippen LogP contribution in [0.15, 0.2) is 17.0 Å². The lowest BCUT2D eigenvalue weighted by Gasteiger charge is -2.08. The number of methoxy groups -OCH3 is 1. The molecule has 0 fully saturated rings. The maximum absolute atomic E-state index is 5.31. The van der Waals surface area contributed by atoms with Crippen molar-refractivity contribution in [2.45, 2.75) is 18.7 Å². The molecule has 0 aromatic heterocycles. The average molecular weight is 197 g/mol. The van der Waals surface area contributed by atoms with Gasteiger partial charge in [-0.25, -0.2) is 0 Å². The summed E-state index contributed by atoms with van der Waals surface area (Å²) in [7, 11) is 2.06. The fraction of sp³-hybridized carbons (Fsp3) is 0.455. The predicted molar refractivity (Wildman–Crippen MR) is 59.9 cm³/mol. The molecular weight excluding hydrogens is 180 g/mol. The first kappa shape index (κ1) is 10.5. The second-order valence-electron chi connectivity index (χ2n) is 3.41. The largest absolute Gasteiger partial charge is 0.496 e. The molecule has 0 spiro atoms. The number of hydrogen-bond acceptors (Lipinski definition) is 1. The molecule has 1 aromatic rings. The molecule has 1 rings (SSSR count). The molecule has 2 heteroatoms. The fourth-order valence-electron chi connectivity index (χ4n) is 1.47.